The van der Waals surface area contributed by atoms with Gasteiger partial charge in [0.25, 0.3) is 5.91 Å². The van der Waals surface area contributed by atoms with Crippen LogP contribution in [-0.4, -0.2) is 64.4 Å². The van der Waals surface area contributed by atoms with Crippen LogP contribution in [0.15, 0.2) is 48.5 Å². The number of carbonyl (C=O) groups is 2. The van der Waals surface area contributed by atoms with Gasteiger partial charge in [0.2, 0.25) is 5.91 Å². The van der Waals surface area contributed by atoms with Gasteiger partial charge in [0.1, 0.15) is 0 Å². The summed E-state index contributed by atoms with van der Waals surface area (Å²) >= 11 is 0. The van der Waals surface area contributed by atoms with Gasteiger partial charge < -0.3 is 30.3 Å². The monoisotopic (exact) mass is 436 g/mol. The van der Waals surface area contributed by atoms with Crippen LogP contribution in [-0.2, 0) is 14.3 Å². The predicted octanol–water partition coefficient (Wildman–Crippen LogP) is 2.11. The van der Waals surface area contributed by atoms with E-state index in [1.165, 1.54) is 6.08 Å². The van der Waals surface area contributed by atoms with E-state index in [9.17, 15) is 9.59 Å². The molecule has 0 aromatic heterocycles. The number of nitrogens with one attached hydrogen (secondary N) is 1. The number of amides is 2. The molecule has 0 saturated carbocycles. The fourth-order valence-corrected chi connectivity index (χ4v) is 3.83. The third kappa shape index (κ3) is 5.46. The minimum Gasteiger partial charge on any atom is -0.378 e. The van der Waals surface area contributed by atoms with Gasteiger partial charge >= 0.3 is 0 Å². The number of rotatable bonds is 6. The molecular weight excluding hydrogens is 408 g/mol. The van der Waals surface area contributed by atoms with Gasteiger partial charge in [-0.3, -0.25) is 9.59 Å². The third-order valence-corrected chi connectivity index (χ3v) is 5.60. The lowest BCUT2D eigenvalue weighted by Crippen LogP contribution is -2.36. The van der Waals surface area contributed by atoms with E-state index in [1.807, 2.05) is 30.3 Å². The molecule has 0 bridgehead atoms. The van der Waals surface area contributed by atoms with Crippen LogP contribution in [0.25, 0.3) is 6.08 Å². The zero-order valence-electron chi connectivity index (χ0n) is 18.0. The summed E-state index contributed by atoms with van der Waals surface area (Å²) in [6.07, 6.45) is 3.19. The van der Waals surface area contributed by atoms with E-state index in [-0.39, 0.29) is 11.5 Å². The summed E-state index contributed by atoms with van der Waals surface area (Å²) in [4.78, 5) is 28.8. The molecule has 2 aromatic carbocycles. The molecule has 2 aliphatic heterocycles. The van der Waals surface area contributed by atoms with Crippen molar-refractivity contribution in [1.29, 1.82) is 0 Å². The Bertz CT molecular complexity index is 978. The van der Waals surface area contributed by atoms with Crippen molar-refractivity contribution in [2.75, 3.05) is 67.7 Å². The van der Waals surface area contributed by atoms with Crippen molar-refractivity contribution in [1.82, 2.24) is 0 Å². The number of primary amides is 1. The SMILES string of the molecule is NC(=O)c1cc(N2CCOCC2)ccc1NC(=O)C=Cc1ccc(N2CCOCC2)cc1. The second-order valence-electron chi connectivity index (χ2n) is 7.71. The summed E-state index contributed by atoms with van der Waals surface area (Å²) in [5.74, 6) is -0.915. The van der Waals surface area contributed by atoms with Gasteiger partial charge in [-0.1, -0.05) is 12.1 Å². The van der Waals surface area contributed by atoms with Gasteiger partial charge in [0.05, 0.1) is 37.7 Å². The molecule has 0 atom stereocenters. The average molecular weight is 437 g/mol. The maximum absolute atomic E-state index is 12.5. The summed E-state index contributed by atoms with van der Waals surface area (Å²) in [5.41, 5.74) is 9.18. The van der Waals surface area contributed by atoms with Crippen LogP contribution in [0.3, 0.4) is 0 Å². The van der Waals surface area contributed by atoms with Crippen LogP contribution in [0.5, 0.6) is 0 Å². The smallest absolute Gasteiger partial charge is 0.250 e. The summed E-state index contributed by atoms with van der Waals surface area (Å²) in [7, 11) is 0. The Balaban J connectivity index is 1.40. The van der Waals surface area contributed by atoms with E-state index in [0.717, 1.165) is 56.3 Å². The molecule has 0 radical (unpaired) electrons. The first-order chi connectivity index (χ1) is 15.6. The van der Waals surface area contributed by atoms with Gasteiger partial charge in [-0.05, 0) is 42.0 Å². The Kier molecular flexibility index (Phi) is 7.03. The highest BCUT2D eigenvalue weighted by Crippen LogP contribution is 2.24. The van der Waals surface area contributed by atoms with Crippen LogP contribution in [0.4, 0.5) is 17.1 Å². The Labute approximate surface area is 187 Å². The van der Waals surface area contributed by atoms with E-state index in [0.29, 0.717) is 18.9 Å². The molecular formula is C24H28N4O4. The van der Waals surface area contributed by atoms with Crippen LogP contribution in [0.2, 0.25) is 0 Å². The van der Waals surface area contributed by atoms with Gasteiger partial charge in [-0.2, -0.15) is 0 Å². The minimum absolute atomic E-state index is 0.283. The molecule has 2 heterocycles. The van der Waals surface area contributed by atoms with E-state index < -0.39 is 5.91 Å². The summed E-state index contributed by atoms with van der Waals surface area (Å²) in [6.45, 7) is 6.01. The summed E-state index contributed by atoms with van der Waals surface area (Å²) in [5, 5.41) is 2.76. The number of morpholine rings is 2. The number of hydrogen-bond acceptors (Lipinski definition) is 6. The highest BCUT2D eigenvalue weighted by atomic mass is 16.5. The summed E-state index contributed by atoms with van der Waals surface area (Å²) < 4.78 is 10.8. The van der Waals surface area contributed by atoms with Crippen molar-refractivity contribution in [3.8, 4) is 0 Å². The van der Waals surface area contributed by atoms with Crippen molar-refractivity contribution >= 4 is 35.0 Å². The van der Waals surface area contributed by atoms with Crippen LogP contribution in [0.1, 0.15) is 15.9 Å². The molecule has 168 valence electrons. The molecule has 2 aromatic rings. The second kappa shape index (κ2) is 10.3. The highest BCUT2D eigenvalue weighted by Gasteiger charge is 2.16. The zero-order chi connectivity index (χ0) is 22.3. The molecule has 0 spiro atoms. The molecule has 2 amide bonds. The number of nitrogens with zero attached hydrogens (tertiary/aromatic N) is 2. The molecule has 4 rings (SSSR count). The fraction of sp³-hybridized carbons (Fsp3) is 0.333. The molecule has 0 unspecified atom stereocenters. The van der Waals surface area contributed by atoms with Gasteiger partial charge in [0.15, 0.2) is 0 Å². The lowest BCUT2D eigenvalue weighted by molar-refractivity contribution is -0.111. The number of benzene rings is 2. The number of hydrogen-bond donors (Lipinski definition) is 2. The fourth-order valence-electron chi connectivity index (χ4n) is 3.83. The van der Waals surface area contributed by atoms with Crippen molar-refractivity contribution in [2.24, 2.45) is 5.73 Å². The topological polar surface area (TPSA) is 97.1 Å². The molecule has 32 heavy (non-hydrogen) atoms. The number of carbonyl (C=O) groups excluding carboxylic acids is 2. The normalized spacial score (nSPS) is 16.9. The van der Waals surface area contributed by atoms with Gasteiger partial charge in [-0.15, -0.1) is 0 Å². The van der Waals surface area contributed by atoms with E-state index >= 15 is 0 Å². The van der Waals surface area contributed by atoms with Crippen molar-refractivity contribution in [3.63, 3.8) is 0 Å². The van der Waals surface area contributed by atoms with Crippen molar-refractivity contribution in [2.45, 2.75) is 0 Å². The molecule has 2 aliphatic rings. The number of ether oxygens (including phenoxy) is 2. The van der Waals surface area contributed by atoms with Crippen molar-refractivity contribution < 1.29 is 19.1 Å². The lowest BCUT2D eigenvalue weighted by atomic mass is 10.1. The molecule has 2 fully saturated rings. The largest absolute Gasteiger partial charge is 0.378 e. The first kappa shape index (κ1) is 21.9. The minimum atomic E-state index is -0.585. The van der Waals surface area contributed by atoms with Crippen LogP contribution < -0.4 is 20.9 Å². The maximum Gasteiger partial charge on any atom is 0.250 e. The third-order valence-electron chi connectivity index (χ3n) is 5.60. The number of anilines is 3. The highest BCUT2D eigenvalue weighted by molar-refractivity contribution is 6.07. The molecule has 8 nitrogen and oxygen atoms in total. The van der Waals surface area contributed by atoms with E-state index in [2.05, 4.69) is 15.1 Å². The summed E-state index contributed by atoms with van der Waals surface area (Å²) in [6, 6.07) is 13.3. The lowest BCUT2D eigenvalue weighted by Gasteiger charge is -2.29. The predicted molar refractivity (Wildman–Crippen MR) is 125 cm³/mol. The van der Waals surface area contributed by atoms with Gasteiger partial charge in [-0.25, -0.2) is 0 Å². The average Bonchev–Trinajstić information content (AvgIpc) is 2.84. The standard InChI is InChI=1S/C24H28N4O4/c25-24(30)21-17-20(28-11-15-32-16-12-28)6-7-22(21)26-23(29)8-3-18-1-4-19(5-2-18)27-9-13-31-14-10-27/h1-8,17H,9-16H2,(H2,25,30)(H,26,29). The first-order valence-corrected chi connectivity index (χ1v) is 10.8. The Morgan fingerprint density at radius 1 is 0.844 bits per heavy atom. The van der Waals surface area contributed by atoms with E-state index in [1.54, 1.807) is 18.2 Å². The first-order valence-electron chi connectivity index (χ1n) is 10.8. The maximum atomic E-state index is 12.5. The number of nitrogens with two attached hydrogens (primary N) is 1. The van der Waals surface area contributed by atoms with Crippen LogP contribution in [0, 0.1) is 0 Å². The Morgan fingerprint density at radius 3 is 2.00 bits per heavy atom. The quantitative estimate of drug-likeness (QED) is 0.674. The Hall–Kier alpha value is -3.36. The molecule has 3 N–H and O–H groups in total. The Morgan fingerprint density at radius 2 is 1.41 bits per heavy atom. The molecule has 8 heteroatoms. The second-order valence-corrected chi connectivity index (χ2v) is 7.71. The van der Waals surface area contributed by atoms with E-state index in [4.69, 9.17) is 15.2 Å². The zero-order valence-corrected chi connectivity index (χ0v) is 18.0. The van der Waals surface area contributed by atoms with Crippen LogP contribution >= 0.6 is 0 Å². The molecule has 2 saturated heterocycles. The van der Waals surface area contributed by atoms with Crippen molar-refractivity contribution in [3.05, 3.63) is 59.7 Å². The molecule has 0 aliphatic carbocycles. The van der Waals surface area contributed by atoms with Gasteiger partial charge in [0, 0.05) is 43.6 Å².